The van der Waals surface area contributed by atoms with Crippen molar-refractivity contribution in [1.82, 2.24) is 5.32 Å². The lowest BCUT2D eigenvalue weighted by Crippen LogP contribution is -2.45. The smallest absolute Gasteiger partial charge is 0.308 e. The van der Waals surface area contributed by atoms with Gasteiger partial charge in [0.1, 0.15) is 0 Å². The monoisotopic (exact) mass is 333 g/mol. The van der Waals surface area contributed by atoms with E-state index in [1.807, 2.05) is 12.1 Å². The second kappa shape index (κ2) is 7.21. The van der Waals surface area contributed by atoms with E-state index in [4.69, 9.17) is 4.74 Å². The third kappa shape index (κ3) is 3.79. The highest BCUT2D eigenvalue weighted by molar-refractivity contribution is 5.70. The van der Waals surface area contributed by atoms with Crippen molar-refractivity contribution >= 4 is 5.97 Å². The molecule has 2 aliphatic rings. The van der Waals surface area contributed by atoms with E-state index in [2.05, 4.69) is 17.4 Å². The van der Waals surface area contributed by atoms with Gasteiger partial charge in [-0.15, -0.1) is 0 Å². The van der Waals surface area contributed by atoms with E-state index in [0.29, 0.717) is 25.9 Å². The van der Waals surface area contributed by atoms with Gasteiger partial charge in [0, 0.05) is 12.5 Å². The van der Waals surface area contributed by atoms with Gasteiger partial charge in [-0.2, -0.15) is 0 Å². The molecule has 1 aromatic rings. The first-order valence-electron chi connectivity index (χ1n) is 8.91. The SMILES string of the molecule is CCOC(=O)CC1(O)CCC(N[C@@H]2c3ccccc3C[C@@H]2O)CC1. The van der Waals surface area contributed by atoms with Crippen molar-refractivity contribution in [3.63, 3.8) is 0 Å². The van der Waals surface area contributed by atoms with Crippen molar-refractivity contribution < 1.29 is 19.7 Å². The number of benzene rings is 1. The van der Waals surface area contributed by atoms with Crippen molar-refractivity contribution in [2.24, 2.45) is 0 Å². The van der Waals surface area contributed by atoms with Crippen LogP contribution in [-0.2, 0) is 16.0 Å². The number of fused-ring (bicyclic) bond motifs is 1. The molecule has 5 nitrogen and oxygen atoms in total. The summed E-state index contributed by atoms with van der Waals surface area (Å²) in [6.07, 6.45) is 3.10. The molecule has 3 N–H and O–H groups in total. The molecule has 1 aromatic carbocycles. The van der Waals surface area contributed by atoms with Crippen LogP contribution in [-0.4, -0.2) is 40.5 Å². The summed E-state index contributed by atoms with van der Waals surface area (Å²) >= 11 is 0. The Morgan fingerprint density at radius 1 is 1.33 bits per heavy atom. The number of carbonyl (C=O) groups excluding carboxylic acids is 1. The average molecular weight is 333 g/mol. The Hall–Kier alpha value is -1.43. The van der Waals surface area contributed by atoms with Crippen molar-refractivity contribution in [3.05, 3.63) is 35.4 Å². The van der Waals surface area contributed by atoms with Crippen LogP contribution < -0.4 is 5.32 Å². The second-order valence-electron chi connectivity index (χ2n) is 7.10. The average Bonchev–Trinajstić information content (AvgIpc) is 2.86. The maximum Gasteiger partial charge on any atom is 0.308 e. The first-order valence-corrected chi connectivity index (χ1v) is 8.91. The van der Waals surface area contributed by atoms with Crippen LogP contribution >= 0.6 is 0 Å². The number of hydrogen-bond donors (Lipinski definition) is 3. The lowest BCUT2D eigenvalue weighted by atomic mass is 9.80. The number of hydrogen-bond acceptors (Lipinski definition) is 5. The summed E-state index contributed by atoms with van der Waals surface area (Å²) < 4.78 is 4.95. The molecular formula is C19H27NO4. The number of rotatable bonds is 5. The zero-order chi connectivity index (χ0) is 17.2. The van der Waals surface area contributed by atoms with Crippen LogP contribution in [0.4, 0.5) is 0 Å². The van der Waals surface area contributed by atoms with Gasteiger partial charge in [0.2, 0.25) is 0 Å². The zero-order valence-electron chi connectivity index (χ0n) is 14.2. The van der Waals surface area contributed by atoms with Crippen molar-refractivity contribution in [2.45, 2.75) is 69.2 Å². The van der Waals surface area contributed by atoms with E-state index < -0.39 is 11.7 Å². The van der Waals surface area contributed by atoms with Crippen LogP contribution in [0.5, 0.6) is 0 Å². The third-order valence-electron chi connectivity index (χ3n) is 5.31. The minimum absolute atomic E-state index is 0.0394. The summed E-state index contributed by atoms with van der Waals surface area (Å²) in [5.74, 6) is -0.327. The van der Waals surface area contributed by atoms with Crippen LogP contribution in [0.1, 0.15) is 56.2 Å². The fourth-order valence-corrected chi connectivity index (χ4v) is 4.01. The van der Waals surface area contributed by atoms with Gasteiger partial charge in [-0.1, -0.05) is 24.3 Å². The molecule has 0 amide bonds. The minimum atomic E-state index is -0.948. The fourth-order valence-electron chi connectivity index (χ4n) is 4.01. The Morgan fingerprint density at radius 2 is 2.04 bits per heavy atom. The van der Waals surface area contributed by atoms with Gasteiger partial charge >= 0.3 is 5.97 Å². The molecule has 24 heavy (non-hydrogen) atoms. The van der Waals surface area contributed by atoms with Gasteiger partial charge in [-0.3, -0.25) is 4.79 Å². The van der Waals surface area contributed by atoms with Crippen LogP contribution in [0, 0.1) is 0 Å². The highest BCUT2D eigenvalue weighted by Crippen LogP contribution is 2.36. The Kier molecular flexibility index (Phi) is 5.23. The molecule has 0 aliphatic heterocycles. The lowest BCUT2D eigenvalue weighted by Gasteiger charge is -2.37. The van der Waals surface area contributed by atoms with Crippen LogP contribution in [0.2, 0.25) is 0 Å². The van der Waals surface area contributed by atoms with Crippen molar-refractivity contribution in [1.29, 1.82) is 0 Å². The molecule has 0 radical (unpaired) electrons. The normalized spacial score (nSPS) is 32.4. The fraction of sp³-hybridized carbons (Fsp3) is 0.632. The molecule has 0 saturated heterocycles. The van der Waals surface area contributed by atoms with Gasteiger partial charge < -0.3 is 20.3 Å². The number of carbonyl (C=O) groups is 1. The number of aliphatic hydroxyl groups excluding tert-OH is 1. The number of nitrogens with one attached hydrogen (secondary N) is 1. The molecule has 1 fully saturated rings. The zero-order valence-corrected chi connectivity index (χ0v) is 14.2. The second-order valence-corrected chi connectivity index (χ2v) is 7.10. The number of ether oxygens (including phenoxy) is 1. The van der Waals surface area contributed by atoms with Crippen LogP contribution in [0.15, 0.2) is 24.3 Å². The summed E-state index contributed by atoms with van der Waals surface area (Å²) in [5.41, 5.74) is 1.44. The largest absolute Gasteiger partial charge is 0.466 e. The summed E-state index contributed by atoms with van der Waals surface area (Å²) in [6.45, 7) is 2.12. The lowest BCUT2D eigenvalue weighted by molar-refractivity contribution is -0.150. The molecule has 2 atom stereocenters. The molecule has 0 aromatic heterocycles. The van der Waals surface area contributed by atoms with E-state index in [-0.39, 0.29) is 24.5 Å². The molecule has 0 heterocycles. The van der Waals surface area contributed by atoms with E-state index in [1.165, 1.54) is 11.1 Å². The van der Waals surface area contributed by atoms with Crippen LogP contribution in [0.3, 0.4) is 0 Å². The van der Waals surface area contributed by atoms with E-state index >= 15 is 0 Å². The topological polar surface area (TPSA) is 78.8 Å². The van der Waals surface area contributed by atoms with Gasteiger partial charge in [0.05, 0.1) is 30.8 Å². The molecular weight excluding hydrogens is 306 g/mol. The first kappa shape index (κ1) is 17.4. The van der Waals surface area contributed by atoms with Gasteiger partial charge in [-0.05, 0) is 43.7 Å². The predicted molar refractivity (Wildman–Crippen MR) is 90.5 cm³/mol. The Balaban J connectivity index is 1.55. The molecule has 3 rings (SSSR count). The molecule has 0 spiro atoms. The third-order valence-corrected chi connectivity index (χ3v) is 5.31. The summed E-state index contributed by atoms with van der Waals surface area (Å²) in [4.78, 5) is 11.6. The quantitative estimate of drug-likeness (QED) is 0.717. The summed E-state index contributed by atoms with van der Waals surface area (Å²) in [7, 11) is 0. The van der Waals surface area contributed by atoms with E-state index in [0.717, 1.165) is 12.8 Å². The highest BCUT2D eigenvalue weighted by atomic mass is 16.5. The molecule has 0 unspecified atom stereocenters. The minimum Gasteiger partial charge on any atom is -0.466 e. The van der Waals surface area contributed by atoms with Gasteiger partial charge in [0.15, 0.2) is 0 Å². The Morgan fingerprint density at radius 3 is 2.75 bits per heavy atom. The molecule has 132 valence electrons. The molecule has 2 aliphatic carbocycles. The number of esters is 1. The maximum absolute atomic E-state index is 11.6. The standard InChI is InChI=1S/C19H27NO4/c1-2-24-17(22)12-19(23)9-7-14(8-10-19)20-18-15-6-4-3-5-13(15)11-16(18)21/h3-6,14,16,18,20-21,23H,2,7-12H2,1H3/t14?,16-,18+,19?/m0/s1. The summed E-state index contributed by atoms with van der Waals surface area (Å²) in [5, 5.41) is 24.5. The van der Waals surface area contributed by atoms with Crippen LogP contribution in [0.25, 0.3) is 0 Å². The molecule has 0 bridgehead atoms. The highest BCUT2D eigenvalue weighted by Gasteiger charge is 2.38. The molecule has 1 saturated carbocycles. The predicted octanol–water partition coefficient (Wildman–Crippen LogP) is 1.86. The summed E-state index contributed by atoms with van der Waals surface area (Å²) in [6, 6.07) is 8.36. The van der Waals surface area contributed by atoms with Gasteiger partial charge in [-0.25, -0.2) is 0 Å². The number of aliphatic hydroxyl groups is 2. The Labute approximate surface area is 143 Å². The molecule has 5 heteroatoms. The van der Waals surface area contributed by atoms with Crippen molar-refractivity contribution in [3.8, 4) is 0 Å². The Bertz CT molecular complexity index is 580. The van der Waals surface area contributed by atoms with E-state index in [9.17, 15) is 15.0 Å². The van der Waals surface area contributed by atoms with E-state index in [1.54, 1.807) is 6.92 Å². The first-order chi connectivity index (χ1) is 11.5. The van der Waals surface area contributed by atoms with Gasteiger partial charge in [0.25, 0.3) is 0 Å². The van der Waals surface area contributed by atoms with Crippen molar-refractivity contribution in [2.75, 3.05) is 6.61 Å². The maximum atomic E-state index is 11.6.